The van der Waals surface area contributed by atoms with Gasteiger partial charge >= 0.3 is 6.18 Å². The second kappa shape index (κ2) is 11.9. The average Bonchev–Trinajstić information content (AvgIpc) is 2.97. The number of hydrogen-bond donors (Lipinski definition) is 4. The van der Waals surface area contributed by atoms with Gasteiger partial charge in [-0.1, -0.05) is 0 Å². The molecule has 1 aromatic carbocycles. The number of alkyl halides is 3. The molecule has 0 bridgehead atoms. The second-order valence-corrected chi connectivity index (χ2v) is 9.10. The van der Waals surface area contributed by atoms with Gasteiger partial charge in [-0.05, 0) is 30.3 Å². The molecule has 11 nitrogen and oxygen atoms in total. The topological polar surface area (TPSA) is 120 Å². The Morgan fingerprint density at radius 2 is 1.73 bits per heavy atom. The Morgan fingerprint density at radius 1 is 0.950 bits per heavy atom. The molecule has 2 saturated heterocycles. The number of carbonyl (C=O) groups excluding carboxylic acids is 1. The fourth-order valence-electron chi connectivity index (χ4n) is 4.31. The number of rotatable bonds is 7. The van der Waals surface area contributed by atoms with E-state index < -0.39 is 23.5 Å². The monoisotopic (exact) mass is 561 g/mol. The number of aromatic nitrogens is 3. The van der Waals surface area contributed by atoms with Crippen molar-refractivity contribution < 1.29 is 27.1 Å². The summed E-state index contributed by atoms with van der Waals surface area (Å²) < 4.78 is 60.2. The van der Waals surface area contributed by atoms with Gasteiger partial charge in [-0.15, -0.1) is 0 Å². The molecule has 0 atom stereocenters. The molecule has 2 fully saturated rings. The zero-order valence-corrected chi connectivity index (χ0v) is 21.3. The number of piperazine rings is 1. The van der Waals surface area contributed by atoms with Crippen molar-refractivity contribution in [1.29, 1.82) is 0 Å². The van der Waals surface area contributed by atoms with Crippen LogP contribution in [0, 0.1) is 5.82 Å². The predicted molar refractivity (Wildman–Crippen MR) is 140 cm³/mol. The number of nitrogens with one attached hydrogen (secondary N) is 4. The number of nitrogens with zero attached hydrogens (tertiary/aromatic N) is 5. The van der Waals surface area contributed by atoms with Crippen molar-refractivity contribution >= 4 is 34.7 Å². The Kier molecular flexibility index (Phi) is 8.11. The molecule has 40 heavy (non-hydrogen) atoms. The molecule has 2 aliphatic heterocycles. The van der Waals surface area contributed by atoms with Crippen LogP contribution in [0.5, 0.6) is 0 Å². The zero-order valence-electron chi connectivity index (χ0n) is 21.3. The van der Waals surface area contributed by atoms with Gasteiger partial charge in [0.05, 0.1) is 36.9 Å². The molecule has 0 unspecified atom stereocenters. The van der Waals surface area contributed by atoms with Crippen LogP contribution < -0.4 is 31.3 Å². The number of amides is 1. The van der Waals surface area contributed by atoms with Gasteiger partial charge in [0.15, 0.2) is 11.6 Å². The minimum atomic E-state index is -4.51. The lowest BCUT2D eigenvalue weighted by Crippen LogP contribution is -2.43. The summed E-state index contributed by atoms with van der Waals surface area (Å²) in [5.41, 5.74) is 5.32. The highest BCUT2D eigenvalue weighted by Crippen LogP contribution is 2.35. The predicted octanol–water partition coefficient (Wildman–Crippen LogP) is 2.78. The quantitative estimate of drug-likeness (QED) is 0.253. The van der Waals surface area contributed by atoms with Crippen LogP contribution in [0.3, 0.4) is 0 Å². The van der Waals surface area contributed by atoms with E-state index in [4.69, 9.17) is 4.74 Å². The third-order valence-corrected chi connectivity index (χ3v) is 6.34. The van der Waals surface area contributed by atoms with E-state index in [0.717, 1.165) is 18.3 Å². The van der Waals surface area contributed by atoms with E-state index in [-0.39, 0.29) is 23.1 Å². The van der Waals surface area contributed by atoms with Crippen molar-refractivity contribution in [2.24, 2.45) is 0 Å². The Bertz CT molecular complexity index is 1330. The summed E-state index contributed by atoms with van der Waals surface area (Å²) >= 11 is 0. The van der Waals surface area contributed by atoms with Crippen molar-refractivity contribution in [3.63, 3.8) is 0 Å². The average molecular weight is 562 g/mol. The van der Waals surface area contributed by atoms with E-state index in [1.165, 1.54) is 18.3 Å². The molecule has 2 aliphatic rings. The molecule has 4 N–H and O–H groups in total. The van der Waals surface area contributed by atoms with Crippen molar-refractivity contribution in [2.45, 2.75) is 6.18 Å². The summed E-state index contributed by atoms with van der Waals surface area (Å²) in [5, 5.41) is 6.12. The molecule has 0 saturated carbocycles. The standard InChI is InChI=1S/C25H27F4N9O2/c26-20-15-32-24(34-22(20)38-7-9-40-10-8-38)36-35-23(39)21-2-1-17(14-31-21)33-18-11-16(25(27,28)29)12-19(13-18)37-5-3-30-4-6-37/h1-2,11-15,30,33H,3-10H2,(H,35,39)(H,32,34,36). The van der Waals surface area contributed by atoms with Gasteiger partial charge in [0.1, 0.15) is 5.69 Å². The number of anilines is 5. The van der Waals surface area contributed by atoms with E-state index in [2.05, 4.69) is 36.4 Å². The van der Waals surface area contributed by atoms with Crippen molar-refractivity contribution in [3.05, 3.63) is 59.8 Å². The molecule has 4 heterocycles. The van der Waals surface area contributed by atoms with E-state index in [1.807, 2.05) is 4.90 Å². The lowest BCUT2D eigenvalue weighted by molar-refractivity contribution is -0.137. The molecule has 0 radical (unpaired) electrons. The van der Waals surface area contributed by atoms with Gasteiger partial charge in [-0.25, -0.2) is 14.4 Å². The third kappa shape index (κ3) is 6.66. The summed E-state index contributed by atoms with van der Waals surface area (Å²) in [4.78, 5) is 28.2. The smallest absolute Gasteiger partial charge is 0.378 e. The van der Waals surface area contributed by atoms with Gasteiger partial charge in [-0.3, -0.25) is 15.6 Å². The maximum Gasteiger partial charge on any atom is 0.416 e. The first kappa shape index (κ1) is 27.3. The maximum absolute atomic E-state index is 14.2. The van der Waals surface area contributed by atoms with Crippen LogP contribution in [-0.4, -0.2) is 73.3 Å². The molecule has 5 rings (SSSR count). The molecule has 0 spiro atoms. The molecular weight excluding hydrogens is 534 g/mol. The number of pyridine rings is 1. The Morgan fingerprint density at radius 3 is 2.42 bits per heavy atom. The van der Waals surface area contributed by atoms with Gasteiger partial charge in [0.25, 0.3) is 5.91 Å². The molecule has 3 aromatic rings. The minimum absolute atomic E-state index is 0.0145. The molecular formula is C25H27F4N9O2. The molecule has 0 aliphatic carbocycles. The lowest BCUT2D eigenvalue weighted by Gasteiger charge is -2.30. The molecule has 1 amide bonds. The largest absolute Gasteiger partial charge is 0.416 e. The summed E-state index contributed by atoms with van der Waals surface area (Å²) in [7, 11) is 0. The van der Waals surface area contributed by atoms with Crippen molar-refractivity contribution in [1.82, 2.24) is 25.7 Å². The number of halogens is 4. The molecule has 2 aromatic heterocycles. The highest BCUT2D eigenvalue weighted by Gasteiger charge is 2.32. The first-order chi connectivity index (χ1) is 19.3. The van der Waals surface area contributed by atoms with Crippen LogP contribution in [0.2, 0.25) is 0 Å². The van der Waals surface area contributed by atoms with E-state index >= 15 is 0 Å². The van der Waals surface area contributed by atoms with E-state index in [9.17, 15) is 22.4 Å². The normalized spacial score (nSPS) is 16.0. The second-order valence-electron chi connectivity index (χ2n) is 9.10. The van der Waals surface area contributed by atoms with Crippen molar-refractivity contribution in [2.75, 3.05) is 73.0 Å². The Balaban J connectivity index is 1.24. The summed E-state index contributed by atoms with van der Waals surface area (Å²) in [6.07, 6.45) is -2.16. The number of ether oxygens (including phenoxy) is 1. The fraction of sp³-hybridized carbons (Fsp3) is 0.360. The number of morpholine rings is 1. The number of benzene rings is 1. The Labute approximate surface area is 226 Å². The van der Waals surface area contributed by atoms with E-state index in [0.29, 0.717) is 63.9 Å². The first-order valence-electron chi connectivity index (χ1n) is 12.6. The number of hydrogen-bond acceptors (Lipinski definition) is 10. The third-order valence-electron chi connectivity index (χ3n) is 6.34. The lowest BCUT2D eigenvalue weighted by atomic mass is 10.1. The maximum atomic E-state index is 14.2. The van der Waals surface area contributed by atoms with Crippen molar-refractivity contribution in [3.8, 4) is 0 Å². The van der Waals surface area contributed by atoms with Crippen LogP contribution in [0.15, 0.2) is 42.7 Å². The SMILES string of the molecule is O=C(NNc1ncc(F)c(N2CCOCC2)n1)c1ccc(Nc2cc(N3CCNCC3)cc(C(F)(F)F)c2)cn1. The van der Waals surface area contributed by atoms with Crippen LogP contribution in [0.25, 0.3) is 0 Å². The van der Waals surface area contributed by atoms with Gasteiger partial charge in [0, 0.05) is 50.6 Å². The minimum Gasteiger partial charge on any atom is -0.378 e. The summed E-state index contributed by atoms with van der Waals surface area (Å²) in [5.74, 6) is -1.13. The highest BCUT2D eigenvalue weighted by atomic mass is 19.4. The highest BCUT2D eigenvalue weighted by molar-refractivity contribution is 5.93. The first-order valence-corrected chi connectivity index (χ1v) is 12.6. The van der Waals surface area contributed by atoms with Gasteiger partial charge in [-0.2, -0.15) is 18.2 Å². The number of carbonyl (C=O) groups is 1. The molecule has 15 heteroatoms. The Hall–Kier alpha value is -4.24. The fourth-order valence-corrected chi connectivity index (χ4v) is 4.31. The van der Waals surface area contributed by atoms with Gasteiger partial charge in [0.2, 0.25) is 5.95 Å². The molecule has 212 valence electrons. The summed E-state index contributed by atoms with van der Waals surface area (Å²) in [6.45, 7) is 4.40. The van der Waals surface area contributed by atoms with E-state index in [1.54, 1.807) is 11.0 Å². The van der Waals surface area contributed by atoms with Crippen LogP contribution in [-0.2, 0) is 10.9 Å². The van der Waals surface area contributed by atoms with Crippen LogP contribution in [0.4, 0.5) is 46.4 Å². The zero-order chi connectivity index (χ0) is 28.1. The number of hydrazine groups is 1. The summed E-state index contributed by atoms with van der Waals surface area (Å²) in [6, 6.07) is 6.76. The van der Waals surface area contributed by atoms with Crippen LogP contribution >= 0.6 is 0 Å². The van der Waals surface area contributed by atoms with Gasteiger partial charge < -0.3 is 25.2 Å². The van der Waals surface area contributed by atoms with Crippen LogP contribution in [0.1, 0.15) is 16.1 Å².